The number of hydrogen-bond acceptors (Lipinski definition) is 5. The van der Waals surface area contributed by atoms with Crippen molar-refractivity contribution in [1.82, 2.24) is 9.97 Å². The maximum absolute atomic E-state index is 12.3. The number of hydrogen-bond donors (Lipinski definition) is 2. The van der Waals surface area contributed by atoms with Gasteiger partial charge in [-0.05, 0) is 49.2 Å². The average molecular weight is 343 g/mol. The minimum Gasteiger partial charge on any atom is -0.339 e. The molecule has 0 spiro atoms. The molecule has 0 saturated carbocycles. The summed E-state index contributed by atoms with van der Waals surface area (Å²) in [5, 5.41) is 14.8. The van der Waals surface area contributed by atoms with Crippen molar-refractivity contribution in [3.8, 4) is 6.07 Å². The van der Waals surface area contributed by atoms with Crippen LogP contribution in [-0.4, -0.2) is 15.9 Å². The molecule has 3 aromatic rings. The van der Waals surface area contributed by atoms with Gasteiger partial charge in [-0.1, -0.05) is 18.2 Å². The van der Waals surface area contributed by atoms with E-state index < -0.39 is 0 Å². The second kappa shape index (κ2) is 7.45. The zero-order chi connectivity index (χ0) is 18.5. The number of carbonyl (C=O) groups excluding carboxylic acids is 1. The molecule has 2 N–H and O–H groups in total. The highest BCUT2D eigenvalue weighted by atomic mass is 16.1. The van der Waals surface area contributed by atoms with Crippen LogP contribution in [0.15, 0.2) is 54.9 Å². The van der Waals surface area contributed by atoms with Gasteiger partial charge >= 0.3 is 0 Å². The van der Waals surface area contributed by atoms with Crippen LogP contribution in [0.2, 0.25) is 0 Å². The first kappa shape index (κ1) is 17.1. The number of rotatable bonds is 4. The van der Waals surface area contributed by atoms with Crippen molar-refractivity contribution in [3.63, 3.8) is 0 Å². The van der Waals surface area contributed by atoms with Crippen molar-refractivity contribution in [2.75, 3.05) is 10.6 Å². The topological polar surface area (TPSA) is 90.7 Å². The summed E-state index contributed by atoms with van der Waals surface area (Å²) in [4.78, 5) is 20.7. The first-order valence-electron chi connectivity index (χ1n) is 8.03. The number of carbonyl (C=O) groups is 1. The Balaban J connectivity index is 1.71. The van der Waals surface area contributed by atoms with Gasteiger partial charge in [-0.3, -0.25) is 4.79 Å². The van der Waals surface area contributed by atoms with E-state index in [-0.39, 0.29) is 11.6 Å². The molecule has 0 bridgehead atoms. The van der Waals surface area contributed by atoms with E-state index in [1.54, 1.807) is 24.3 Å². The summed E-state index contributed by atoms with van der Waals surface area (Å²) in [6.07, 6.45) is 2.93. The minimum atomic E-state index is -0.383. The molecule has 128 valence electrons. The second-order valence-electron chi connectivity index (χ2n) is 5.88. The molecule has 0 radical (unpaired) electrons. The Bertz CT molecular complexity index is 990. The van der Waals surface area contributed by atoms with Gasteiger partial charge in [-0.15, -0.1) is 0 Å². The number of nitriles is 1. The lowest BCUT2D eigenvalue weighted by atomic mass is 10.1. The Morgan fingerprint density at radius 3 is 2.65 bits per heavy atom. The SMILES string of the molecule is Cc1ccc(C)c(Nc2cnc(C(=O)Nc3cccc(C#N)c3)cn2)c1. The highest BCUT2D eigenvalue weighted by molar-refractivity contribution is 6.02. The molecule has 0 aliphatic rings. The van der Waals surface area contributed by atoms with Crippen molar-refractivity contribution in [1.29, 1.82) is 5.26 Å². The second-order valence-corrected chi connectivity index (χ2v) is 5.88. The standard InChI is InChI=1S/C20H17N5O/c1-13-6-7-14(2)17(8-13)25-19-12-22-18(11-23-19)20(26)24-16-5-3-4-15(9-16)10-21/h3-9,11-12H,1-2H3,(H,23,25)(H,24,26). The largest absolute Gasteiger partial charge is 0.339 e. The predicted molar refractivity (Wildman–Crippen MR) is 100 cm³/mol. The zero-order valence-corrected chi connectivity index (χ0v) is 14.4. The summed E-state index contributed by atoms with van der Waals surface area (Å²) in [6, 6.07) is 14.8. The summed E-state index contributed by atoms with van der Waals surface area (Å²) < 4.78 is 0. The van der Waals surface area contributed by atoms with E-state index in [1.807, 2.05) is 38.1 Å². The Hall–Kier alpha value is -3.72. The van der Waals surface area contributed by atoms with Crippen LogP contribution in [0.5, 0.6) is 0 Å². The predicted octanol–water partition coefficient (Wildman–Crippen LogP) is 3.96. The molecule has 1 heterocycles. The first-order chi connectivity index (χ1) is 12.5. The van der Waals surface area contributed by atoms with Crippen LogP contribution in [0.4, 0.5) is 17.2 Å². The highest BCUT2D eigenvalue weighted by Crippen LogP contribution is 2.20. The van der Waals surface area contributed by atoms with Crippen molar-refractivity contribution in [2.45, 2.75) is 13.8 Å². The molecule has 6 heteroatoms. The van der Waals surface area contributed by atoms with Gasteiger partial charge in [-0.2, -0.15) is 5.26 Å². The number of anilines is 3. The van der Waals surface area contributed by atoms with E-state index in [0.717, 1.165) is 16.8 Å². The lowest BCUT2D eigenvalue weighted by molar-refractivity contribution is 0.102. The van der Waals surface area contributed by atoms with Crippen LogP contribution in [-0.2, 0) is 0 Å². The van der Waals surface area contributed by atoms with Gasteiger partial charge < -0.3 is 10.6 Å². The fourth-order valence-corrected chi connectivity index (χ4v) is 2.38. The fraction of sp³-hybridized carbons (Fsp3) is 0.100. The van der Waals surface area contributed by atoms with Gasteiger partial charge in [0.1, 0.15) is 11.5 Å². The van der Waals surface area contributed by atoms with Crippen LogP contribution in [0, 0.1) is 25.2 Å². The summed E-state index contributed by atoms with van der Waals surface area (Å²) in [5.74, 6) is 0.174. The van der Waals surface area contributed by atoms with Crippen LogP contribution < -0.4 is 10.6 Å². The fourth-order valence-electron chi connectivity index (χ4n) is 2.38. The van der Waals surface area contributed by atoms with Crippen LogP contribution in [0.3, 0.4) is 0 Å². The van der Waals surface area contributed by atoms with E-state index in [9.17, 15) is 4.79 Å². The molecular formula is C20H17N5O. The minimum absolute atomic E-state index is 0.193. The van der Waals surface area contributed by atoms with Crippen molar-refractivity contribution >= 4 is 23.1 Å². The third-order valence-corrected chi connectivity index (χ3v) is 3.79. The Kier molecular flexibility index (Phi) is 4.90. The molecule has 0 saturated heterocycles. The number of nitrogens with zero attached hydrogens (tertiary/aromatic N) is 3. The van der Waals surface area contributed by atoms with E-state index in [4.69, 9.17) is 5.26 Å². The van der Waals surface area contributed by atoms with E-state index in [0.29, 0.717) is 17.1 Å². The molecule has 2 aromatic carbocycles. The number of aromatic nitrogens is 2. The Morgan fingerprint density at radius 2 is 1.92 bits per heavy atom. The van der Waals surface area contributed by atoms with Gasteiger partial charge in [0.2, 0.25) is 0 Å². The van der Waals surface area contributed by atoms with Gasteiger partial charge in [0, 0.05) is 11.4 Å². The van der Waals surface area contributed by atoms with Crippen LogP contribution >= 0.6 is 0 Å². The van der Waals surface area contributed by atoms with E-state index in [2.05, 4.69) is 20.6 Å². The summed E-state index contributed by atoms with van der Waals surface area (Å²) >= 11 is 0. The van der Waals surface area contributed by atoms with Crippen LogP contribution in [0.25, 0.3) is 0 Å². The van der Waals surface area contributed by atoms with Gasteiger partial charge in [0.25, 0.3) is 5.91 Å². The lowest BCUT2D eigenvalue weighted by Gasteiger charge is -2.10. The summed E-state index contributed by atoms with van der Waals surface area (Å²) in [7, 11) is 0. The summed E-state index contributed by atoms with van der Waals surface area (Å²) in [6.45, 7) is 4.03. The molecule has 26 heavy (non-hydrogen) atoms. The molecule has 6 nitrogen and oxygen atoms in total. The Labute approximate surface area is 151 Å². The van der Waals surface area contributed by atoms with Crippen molar-refractivity contribution < 1.29 is 4.79 Å². The van der Waals surface area contributed by atoms with E-state index >= 15 is 0 Å². The number of amides is 1. The molecule has 0 aliphatic carbocycles. The number of benzene rings is 2. The molecule has 0 atom stereocenters. The number of nitrogens with one attached hydrogen (secondary N) is 2. The monoisotopic (exact) mass is 343 g/mol. The van der Waals surface area contributed by atoms with Crippen molar-refractivity contribution in [3.05, 3.63) is 77.2 Å². The van der Waals surface area contributed by atoms with Gasteiger partial charge in [0.05, 0.1) is 24.0 Å². The smallest absolute Gasteiger partial charge is 0.275 e. The van der Waals surface area contributed by atoms with Crippen LogP contribution in [0.1, 0.15) is 27.2 Å². The lowest BCUT2D eigenvalue weighted by Crippen LogP contribution is -2.14. The highest BCUT2D eigenvalue weighted by Gasteiger charge is 2.09. The maximum Gasteiger partial charge on any atom is 0.275 e. The first-order valence-corrected chi connectivity index (χ1v) is 8.03. The molecule has 3 rings (SSSR count). The normalized spacial score (nSPS) is 10.0. The van der Waals surface area contributed by atoms with E-state index in [1.165, 1.54) is 12.4 Å². The van der Waals surface area contributed by atoms with Crippen molar-refractivity contribution in [2.24, 2.45) is 0 Å². The summed E-state index contributed by atoms with van der Waals surface area (Å²) in [5.41, 5.74) is 4.39. The van der Waals surface area contributed by atoms with Gasteiger partial charge in [-0.25, -0.2) is 9.97 Å². The Morgan fingerprint density at radius 1 is 1.08 bits per heavy atom. The molecule has 0 unspecified atom stereocenters. The number of aryl methyl sites for hydroxylation is 2. The maximum atomic E-state index is 12.3. The molecule has 0 aliphatic heterocycles. The van der Waals surface area contributed by atoms with Gasteiger partial charge in [0.15, 0.2) is 0 Å². The quantitative estimate of drug-likeness (QED) is 0.748. The molecule has 0 fully saturated rings. The third-order valence-electron chi connectivity index (χ3n) is 3.79. The average Bonchev–Trinajstić information content (AvgIpc) is 2.65. The third kappa shape index (κ3) is 4.02. The molecular weight excluding hydrogens is 326 g/mol. The molecule has 1 amide bonds. The molecule has 1 aromatic heterocycles. The zero-order valence-electron chi connectivity index (χ0n) is 14.4.